The van der Waals surface area contributed by atoms with E-state index < -0.39 is 38.2 Å². The number of ether oxygens (including phenoxy) is 1. The Hall–Kier alpha value is -2.96. The molecule has 2 aromatic carbocycles. The number of aromatic nitrogens is 1. The summed E-state index contributed by atoms with van der Waals surface area (Å²) in [7, 11) is -4.81. The van der Waals surface area contributed by atoms with Gasteiger partial charge in [-0.25, -0.2) is 27.0 Å². The van der Waals surface area contributed by atoms with Crippen molar-refractivity contribution < 1.29 is 26.7 Å². The van der Waals surface area contributed by atoms with Crippen molar-refractivity contribution in [1.82, 2.24) is 4.98 Å². The number of anilines is 4. The molecular formula is C24H25ClF2N4O4S2. The van der Waals surface area contributed by atoms with Gasteiger partial charge in [0.1, 0.15) is 22.1 Å². The topological polar surface area (TPSA) is 91.8 Å². The Kier molecular flexibility index (Phi) is 7.63. The van der Waals surface area contributed by atoms with Crippen molar-refractivity contribution in [2.75, 3.05) is 27.6 Å². The zero-order valence-corrected chi connectivity index (χ0v) is 22.7. The van der Waals surface area contributed by atoms with Crippen LogP contribution in [0.25, 0.3) is 0 Å². The van der Waals surface area contributed by atoms with Crippen LogP contribution in [-0.2, 0) is 14.8 Å². The standard InChI is InChI=1S/C24H25ClF2N4O4S2/c1-24(2,3)35-23(32)31(22-13-36-14-28-22)37(33,34)21-11-16(25)19(12-17(21)27)29-18-7-6-15(26)10-20(18)30-8-4-5-9-30/h6-7,10-14,29H,4-5,8-9H2,1-3H3. The van der Waals surface area contributed by atoms with Crippen LogP contribution in [0.2, 0.25) is 5.02 Å². The van der Waals surface area contributed by atoms with Crippen LogP contribution in [0.1, 0.15) is 33.6 Å². The SMILES string of the molecule is CC(C)(C)OC(=O)N(c1cscn1)S(=O)(=O)c1cc(Cl)c(Nc2ccc(F)cc2N2CCCC2)cc1F. The minimum absolute atomic E-state index is 0.0719. The number of amides is 1. The Bertz CT molecular complexity index is 1410. The van der Waals surface area contributed by atoms with Crippen molar-refractivity contribution in [3.63, 3.8) is 0 Å². The van der Waals surface area contributed by atoms with Crippen LogP contribution in [0.15, 0.2) is 46.1 Å². The Morgan fingerprint density at radius 3 is 2.49 bits per heavy atom. The number of rotatable bonds is 6. The van der Waals surface area contributed by atoms with Crippen molar-refractivity contribution in [3.05, 3.63) is 57.9 Å². The van der Waals surface area contributed by atoms with Gasteiger partial charge in [-0.15, -0.1) is 15.6 Å². The van der Waals surface area contributed by atoms with Gasteiger partial charge in [-0.1, -0.05) is 11.6 Å². The molecule has 1 saturated heterocycles. The fourth-order valence-electron chi connectivity index (χ4n) is 3.82. The van der Waals surface area contributed by atoms with Gasteiger partial charge in [-0.05, 0) is 57.9 Å². The average Bonchev–Trinajstić information content (AvgIpc) is 3.50. The summed E-state index contributed by atoms with van der Waals surface area (Å²) < 4.78 is 61.9. The first-order valence-electron chi connectivity index (χ1n) is 11.3. The molecule has 1 N–H and O–H groups in total. The third kappa shape index (κ3) is 5.97. The number of nitrogens with one attached hydrogen (secondary N) is 1. The second-order valence-corrected chi connectivity index (χ2v) is 12.2. The van der Waals surface area contributed by atoms with Crippen LogP contribution in [-0.4, -0.2) is 38.2 Å². The molecule has 0 saturated carbocycles. The number of carbonyl (C=O) groups excluding carboxylic acids is 1. The average molecular weight is 571 g/mol. The molecule has 8 nitrogen and oxygen atoms in total. The highest BCUT2D eigenvalue weighted by molar-refractivity contribution is 7.93. The Labute approximate surface area is 222 Å². The maximum Gasteiger partial charge on any atom is 0.430 e. The molecule has 1 aliphatic rings. The Morgan fingerprint density at radius 1 is 1.16 bits per heavy atom. The summed E-state index contributed by atoms with van der Waals surface area (Å²) >= 11 is 7.44. The molecule has 0 unspecified atom stereocenters. The second-order valence-electron chi connectivity index (χ2n) is 9.34. The minimum atomic E-state index is -4.81. The molecule has 0 radical (unpaired) electrons. The van der Waals surface area contributed by atoms with E-state index in [1.165, 1.54) is 29.1 Å². The van der Waals surface area contributed by atoms with E-state index >= 15 is 4.39 Å². The van der Waals surface area contributed by atoms with Gasteiger partial charge >= 0.3 is 6.09 Å². The highest BCUT2D eigenvalue weighted by Crippen LogP contribution is 2.37. The first kappa shape index (κ1) is 27.1. The molecule has 13 heteroatoms. The van der Waals surface area contributed by atoms with E-state index in [1.54, 1.807) is 20.8 Å². The van der Waals surface area contributed by atoms with Crippen LogP contribution < -0.4 is 14.5 Å². The molecule has 0 spiro atoms. The molecule has 0 atom stereocenters. The zero-order valence-electron chi connectivity index (χ0n) is 20.3. The number of hydrogen-bond donors (Lipinski definition) is 1. The van der Waals surface area contributed by atoms with Gasteiger partial charge < -0.3 is 15.0 Å². The lowest BCUT2D eigenvalue weighted by Crippen LogP contribution is -2.41. The van der Waals surface area contributed by atoms with Crippen molar-refractivity contribution in [2.24, 2.45) is 0 Å². The van der Waals surface area contributed by atoms with Gasteiger partial charge in [0.05, 0.1) is 27.6 Å². The van der Waals surface area contributed by atoms with Crippen LogP contribution in [0.4, 0.5) is 36.5 Å². The number of hydrogen-bond acceptors (Lipinski definition) is 8. The Balaban J connectivity index is 1.71. The zero-order chi connectivity index (χ0) is 27.0. The van der Waals surface area contributed by atoms with Crippen molar-refractivity contribution >= 4 is 61.9 Å². The van der Waals surface area contributed by atoms with Crippen molar-refractivity contribution in [1.29, 1.82) is 0 Å². The van der Waals surface area contributed by atoms with Crippen LogP contribution in [0.5, 0.6) is 0 Å². The second kappa shape index (κ2) is 10.4. The number of thiazole rings is 1. The maximum absolute atomic E-state index is 15.4. The van der Waals surface area contributed by atoms with E-state index in [1.807, 2.05) is 4.90 Å². The molecule has 198 valence electrons. The lowest BCUT2D eigenvalue weighted by molar-refractivity contribution is 0.0608. The van der Waals surface area contributed by atoms with Crippen molar-refractivity contribution in [3.8, 4) is 0 Å². The number of nitrogens with zero attached hydrogens (tertiary/aromatic N) is 3. The summed E-state index contributed by atoms with van der Waals surface area (Å²) in [6.07, 6.45) is 0.688. The quantitative estimate of drug-likeness (QED) is 0.359. The predicted molar refractivity (Wildman–Crippen MR) is 141 cm³/mol. The summed E-state index contributed by atoms with van der Waals surface area (Å²) in [6, 6.07) is 5.98. The Morgan fingerprint density at radius 2 is 1.86 bits per heavy atom. The molecule has 1 aromatic heterocycles. The first-order valence-corrected chi connectivity index (χ1v) is 14.1. The summed E-state index contributed by atoms with van der Waals surface area (Å²) in [5.41, 5.74) is 1.46. The van der Waals surface area contributed by atoms with E-state index in [2.05, 4.69) is 10.3 Å². The maximum atomic E-state index is 15.4. The number of carbonyl (C=O) groups is 1. The summed E-state index contributed by atoms with van der Waals surface area (Å²) in [6.45, 7) is 6.20. The summed E-state index contributed by atoms with van der Waals surface area (Å²) in [5.74, 6) is -1.81. The summed E-state index contributed by atoms with van der Waals surface area (Å²) in [4.78, 5) is 17.9. The van der Waals surface area contributed by atoms with E-state index in [0.717, 1.165) is 49.4 Å². The van der Waals surface area contributed by atoms with E-state index in [0.29, 0.717) is 15.7 Å². The molecule has 0 bridgehead atoms. The molecule has 1 amide bonds. The molecule has 4 rings (SSSR count). The van der Waals surface area contributed by atoms with E-state index in [4.69, 9.17) is 16.3 Å². The van der Waals surface area contributed by atoms with Gasteiger partial charge in [-0.2, -0.15) is 0 Å². The number of sulfonamides is 1. The van der Waals surface area contributed by atoms with Gasteiger partial charge in [-0.3, -0.25) is 0 Å². The normalized spacial score (nSPS) is 14.1. The first-order chi connectivity index (χ1) is 17.4. The molecule has 0 aliphatic carbocycles. The number of benzene rings is 2. The van der Waals surface area contributed by atoms with Crippen LogP contribution in [0.3, 0.4) is 0 Å². The molecule has 37 heavy (non-hydrogen) atoms. The van der Waals surface area contributed by atoms with Gasteiger partial charge in [0.2, 0.25) is 0 Å². The number of halogens is 3. The van der Waals surface area contributed by atoms with E-state index in [9.17, 15) is 17.6 Å². The third-order valence-corrected chi connectivity index (χ3v) is 7.97. The lowest BCUT2D eigenvalue weighted by Gasteiger charge is -2.26. The largest absolute Gasteiger partial charge is 0.443 e. The molecule has 3 aromatic rings. The minimum Gasteiger partial charge on any atom is -0.443 e. The van der Waals surface area contributed by atoms with Gasteiger partial charge in [0, 0.05) is 24.5 Å². The molecule has 1 aliphatic heterocycles. The van der Waals surface area contributed by atoms with E-state index in [-0.39, 0.29) is 16.5 Å². The highest BCUT2D eigenvalue weighted by Gasteiger charge is 2.38. The predicted octanol–water partition coefficient (Wildman–Crippen LogP) is 6.55. The van der Waals surface area contributed by atoms with Gasteiger partial charge in [0.25, 0.3) is 10.0 Å². The fourth-order valence-corrected chi connectivity index (χ4v) is 6.03. The van der Waals surface area contributed by atoms with Crippen molar-refractivity contribution in [2.45, 2.75) is 44.1 Å². The van der Waals surface area contributed by atoms with Crippen LogP contribution in [0, 0.1) is 11.6 Å². The molecule has 2 heterocycles. The fraction of sp³-hybridized carbons (Fsp3) is 0.333. The third-order valence-electron chi connectivity index (χ3n) is 5.40. The lowest BCUT2D eigenvalue weighted by atomic mass is 10.2. The van der Waals surface area contributed by atoms with Gasteiger partial charge in [0.15, 0.2) is 5.82 Å². The molecule has 1 fully saturated rings. The smallest absolute Gasteiger partial charge is 0.430 e. The highest BCUT2D eigenvalue weighted by atomic mass is 35.5. The summed E-state index contributed by atoms with van der Waals surface area (Å²) in [5, 5.41) is 4.18. The monoisotopic (exact) mass is 570 g/mol. The molecular weight excluding hydrogens is 546 g/mol. The van der Waals surface area contributed by atoms with Crippen LogP contribution >= 0.6 is 22.9 Å².